The predicted octanol–water partition coefficient (Wildman–Crippen LogP) is -7.28. The van der Waals surface area contributed by atoms with Crippen LogP contribution < -0.4 is 70.4 Å². The molecular weight excluding hydrogens is 887 g/mol. The van der Waals surface area contributed by atoms with E-state index in [1.807, 2.05) is 0 Å². The quantitative estimate of drug-likeness (QED) is 0.0188. The average Bonchev–Trinajstić information content (AvgIpc) is 3.76. The molecule has 1 saturated heterocycles. The van der Waals surface area contributed by atoms with Crippen molar-refractivity contribution in [1.82, 2.24) is 58.1 Å². The number of nitrogens with zero attached hydrogens (tertiary/aromatic N) is 2. The maximum atomic E-state index is 13.2. The summed E-state index contributed by atoms with van der Waals surface area (Å²) in [4.78, 5) is 155. The predicted molar refractivity (Wildman–Crippen MR) is 237 cm³/mol. The minimum absolute atomic E-state index is 0.0224. The minimum Gasteiger partial charge on any atom is -0.480 e. The Labute approximate surface area is 387 Å². The van der Waals surface area contributed by atoms with E-state index >= 15 is 0 Å². The van der Waals surface area contributed by atoms with Crippen LogP contribution in [0.3, 0.4) is 0 Å². The molecule has 0 aromatic carbocycles. The first kappa shape index (κ1) is 57.9. The van der Waals surface area contributed by atoms with Gasteiger partial charge in [0.1, 0.15) is 48.8 Å². The molecule has 11 amide bonds. The van der Waals surface area contributed by atoms with E-state index in [2.05, 4.69) is 58.2 Å². The average molecular weight is 954 g/mol. The SMILES string of the molecule is CC(=O)N[C@@H](CCCCN)C(=O)NCC(=O)NCC(=O)N[C@@H](C)C(=O)NCC(=O)N1CCC[C@H]1C(=O)N[C@@H](C)C(=O)N[C@@H](C)C(=O)N[C@@H](C)C(=O)N[C@@H](CCCN=C(N)N)C(=O)NCC(=O)O. The molecule has 1 rings (SSSR count). The Kier molecular flexibility index (Phi) is 26.0. The van der Waals surface area contributed by atoms with Crippen LogP contribution in [0.15, 0.2) is 4.99 Å². The van der Waals surface area contributed by atoms with Crippen LogP contribution in [0.1, 0.15) is 79.6 Å². The normalized spacial score (nSPS) is 15.6. The van der Waals surface area contributed by atoms with Gasteiger partial charge in [-0.1, -0.05) is 0 Å². The molecule has 1 fully saturated rings. The molecule has 0 unspecified atom stereocenters. The zero-order valence-corrected chi connectivity index (χ0v) is 38.4. The number of nitrogens with two attached hydrogens (primary N) is 3. The maximum absolute atomic E-state index is 13.2. The molecule has 0 radical (unpaired) electrons. The molecule has 0 aromatic heterocycles. The van der Waals surface area contributed by atoms with Gasteiger partial charge in [-0.3, -0.25) is 62.5 Å². The van der Waals surface area contributed by atoms with Crippen molar-refractivity contribution in [2.24, 2.45) is 22.2 Å². The van der Waals surface area contributed by atoms with Gasteiger partial charge in [-0.2, -0.15) is 0 Å². The van der Waals surface area contributed by atoms with Gasteiger partial charge < -0.3 is 80.4 Å². The molecule has 376 valence electrons. The Morgan fingerprint density at radius 2 is 1.10 bits per heavy atom. The molecule has 0 aliphatic carbocycles. The number of aliphatic imine (C=N–C) groups is 1. The number of amides is 11. The Hall–Kier alpha value is -7.13. The number of carbonyl (C=O) groups is 12. The molecule has 7 atom stereocenters. The van der Waals surface area contributed by atoms with Crippen molar-refractivity contribution in [2.75, 3.05) is 45.8 Å². The van der Waals surface area contributed by atoms with E-state index in [0.29, 0.717) is 32.2 Å². The Bertz CT molecular complexity index is 1830. The monoisotopic (exact) mass is 954 g/mol. The largest absolute Gasteiger partial charge is 0.480 e. The number of hydrogen-bond acceptors (Lipinski definition) is 14. The summed E-state index contributed by atoms with van der Waals surface area (Å²) in [5.41, 5.74) is 16.1. The van der Waals surface area contributed by atoms with E-state index in [1.54, 1.807) is 0 Å². The van der Waals surface area contributed by atoms with Crippen molar-refractivity contribution >= 4 is 76.9 Å². The second kappa shape index (κ2) is 30.1. The maximum Gasteiger partial charge on any atom is 0.322 e. The van der Waals surface area contributed by atoms with E-state index in [0.717, 1.165) is 0 Å². The fourth-order valence-corrected chi connectivity index (χ4v) is 6.19. The molecule has 0 bridgehead atoms. The summed E-state index contributed by atoms with van der Waals surface area (Å²) in [7, 11) is 0. The number of guanidine groups is 1. The summed E-state index contributed by atoms with van der Waals surface area (Å²) < 4.78 is 0. The van der Waals surface area contributed by atoms with Crippen LogP contribution in [0, 0.1) is 0 Å². The Balaban J connectivity index is 2.61. The summed E-state index contributed by atoms with van der Waals surface area (Å²) in [5.74, 6) is -9.22. The Morgan fingerprint density at radius 1 is 0.597 bits per heavy atom. The van der Waals surface area contributed by atoms with E-state index in [9.17, 15) is 57.5 Å². The second-order valence-corrected chi connectivity index (χ2v) is 15.6. The number of carboxylic acid groups (broad SMARTS) is 1. The number of nitrogens with one attached hydrogen (secondary N) is 10. The number of likely N-dealkylation sites (tertiary alicyclic amines) is 1. The standard InChI is InChI=1S/C39H67N15O13/c1-20(48-29(57)17-44-28(56)16-45-36(65)25(52-24(5)55)10-6-7-13-40)32(61)46-18-30(58)54-15-9-12-27(54)38(67)51-22(3)34(63)49-21(2)33(62)50-23(4)35(64)53-26(11-8-14-43-39(41)42)37(66)47-19-31(59)60/h20-23,25-27H,6-19,40H2,1-5H3,(H,44,56)(H,45,65)(H,46,61)(H,47,66)(H,48,57)(H,49,63)(H,50,62)(H,51,67)(H,52,55)(H,53,64)(H,59,60)(H4,41,42,43)/t20-,21-,22-,23-,25-,26-,27-/m0/s1. The summed E-state index contributed by atoms with van der Waals surface area (Å²) in [6.45, 7) is 4.97. The number of unbranched alkanes of at least 4 members (excludes halogenated alkanes) is 1. The lowest BCUT2D eigenvalue weighted by Gasteiger charge is -2.26. The molecule has 1 heterocycles. The highest BCUT2D eigenvalue weighted by molar-refractivity contribution is 5.97. The molecule has 67 heavy (non-hydrogen) atoms. The number of rotatable bonds is 29. The topological polar surface area (TPSA) is 439 Å². The van der Waals surface area contributed by atoms with E-state index < -0.39 is 139 Å². The van der Waals surface area contributed by atoms with Gasteiger partial charge in [-0.05, 0) is 79.2 Å². The first-order valence-corrected chi connectivity index (χ1v) is 21.6. The van der Waals surface area contributed by atoms with Crippen molar-refractivity contribution in [2.45, 2.75) is 122 Å². The van der Waals surface area contributed by atoms with Crippen LogP contribution in [-0.2, 0) is 57.5 Å². The lowest BCUT2D eigenvalue weighted by atomic mass is 10.1. The van der Waals surface area contributed by atoms with Crippen molar-refractivity contribution in [3.63, 3.8) is 0 Å². The van der Waals surface area contributed by atoms with Gasteiger partial charge in [0.05, 0.1) is 19.6 Å². The molecule has 0 saturated carbocycles. The Morgan fingerprint density at radius 3 is 1.67 bits per heavy atom. The van der Waals surface area contributed by atoms with Gasteiger partial charge in [0.25, 0.3) is 0 Å². The molecule has 28 nitrogen and oxygen atoms in total. The third-order valence-electron chi connectivity index (χ3n) is 9.82. The number of hydrogen-bond donors (Lipinski definition) is 14. The number of carbonyl (C=O) groups excluding carboxylic acids is 11. The van der Waals surface area contributed by atoms with Crippen LogP contribution in [0.2, 0.25) is 0 Å². The highest BCUT2D eigenvalue weighted by Crippen LogP contribution is 2.17. The summed E-state index contributed by atoms with van der Waals surface area (Å²) >= 11 is 0. The smallest absolute Gasteiger partial charge is 0.322 e. The third kappa shape index (κ3) is 23.1. The molecule has 0 aromatic rings. The van der Waals surface area contributed by atoms with E-state index in [4.69, 9.17) is 22.3 Å². The van der Waals surface area contributed by atoms with Crippen molar-refractivity contribution in [3.05, 3.63) is 0 Å². The van der Waals surface area contributed by atoms with Crippen LogP contribution in [-0.4, -0.2) is 175 Å². The van der Waals surface area contributed by atoms with Crippen molar-refractivity contribution in [3.8, 4) is 0 Å². The lowest BCUT2D eigenvalue weighted by Crippen LogP contribution is -2.57. The van der Waals surface area contributed by atoms with Crippen molar-refractivity contribution in [1.29, 1.82) is 0 Å². The minimum atomic E-state index is -1.31. The van der Waals surface area contributed by atoms with Crippen LogP contribution in [0.25, 0.3) is 0 Å². The fourth-order valence-electron chi connectivity index (χ4n) is 6.19. The third-order valence-corrected chi connectivity index (χ3v) is 9.82. The van der Waals surface area contributed by atoms with Crippen LogP contribution >= 0.6 is 0 Å². The fraction of sp³-hybridized carbons (Fsp3) is 0.667. The van der Waals surface area contributed by atoms with Crippen LogP contribution in [0.4, 0.5) is 0 Å². The van der Waals surface area contributed by atoms with Gasteiger partial charge in [0.2, 0.25) is 65.0 Å². The van der Waals surface area contributed by atoms with Gasteiger partial charge in [0, 0.05) is 20.0 Å². The lowest BCUT2D eigenvalue weighted by molar-refractivity contribution is -0.140. The first-order chi connectivity index (χ1) is 31.5. The molecule has 17 N–H and O–H groups in total. The highest BCUT2D eigenvalue weighted by Gasteiger charge is 2.36. The summed E-state index contributed by atoms with van der Waals surface area (Å²) in [6, 6.07) is -7.86. The van der Waals surface area contributed by atoms with Crippen LogP contribution in [0.5, 0.6) is 0 Å². The molecular formula is C39H67N15O13. The van der Waals surface area contributed by atoms with Gasteiger partial charge in [0.15, 0.2) is 5.96 Å². The highest BCUT2D eigenvalue weighted by atomic mass is 16.4. The van der Waals surface area contributed by atoms with Gasteiger partial charge >= 0.3 is 5.97 Å². The van der Waals surface area contributed by atoms with Crippen molar-refractivity contribution < 1.29 is 62.6 Å². The van der Waals surface area contributed by atoms with E-state index in [1.165, 1.54) is 39.5 Å². The molecule has 1 aliphatic heterocycles. The summed E-state index contributed by atoms with van der Waals surface area (Å²) in [5, 5.41) is 32.8. The van der Waals surface area contributed by atoms with Gasteiger partial charge in [-0.15, -0.1) is 0 Å². The number of aliphatic carboxylic acids is 1. The number of carboxylic acids is 1. The zero-order chi connectivity index (χ0) is 50.8. The molecule has 28 heteroatoms. The second-order valence-electron chi connectivity index (χ2n) is 15.6. The van der Waals surface area contributed by atoms with E-state index in [-0.39, 0.29) is 38.3 Å². The molecule has 1 aliphatic rings. The zero-order valence-electron chi connectivity index (χ0n) is 38.4. The van der Waals surface area contributed by atoms with Gasteiger partial charge in [-0.25, -0.2) is 0 Å². The molecule has 0 spiro atoms. The summed E-state index contributed by atoms with van der Waals surface area (Å²) in [6.07, 6.45) is 2.44. The first-order valence-electron chi connectivity index (χ1n) is 21.6.